The second-order valence-electron chi connectivity index (χ2n) is 2.93. The summed E-state index contributed by atoms with van der Waals surface area (Å²) < 4.78 is 35.5. The Morgan fingerprint density at radius 2 is 2.06 bits per heavy atom. The first-order valence-corrected chi connectivity index (χ1v) is 4.85. The summed E-state index contributed by atoms with van der Waals surface area (Å²) in [4.78, 5) is 11.3. The van der Waals surface area contributed by atoms with Gasteiger partial charge in [0.05, 0.1) is 12.2 Å². The molecule has 16 heavy (non-hydrogen) atoms. The summed E-state index contributed by atoms with van der Waals surface area (Å²) in [6.07, 6.45) is 0. The van der Waals surface area contributed by atoms with Crippen LogP contribution in [0.15, 0.2) is 18.2 Å². The Kier molecular flexibility index (Phi) is 4.85. The molecule has 0 N–H and O–H groups in total. The topological polar surface area (TPSA) is 35.5 Å². The molecule has 0 aliphatic rings. The maximum atomic E-state index is 13.1. The minimum atomic E-state index is -1.19. The largest absolute Gasteiger partial charge is 0.460 e. The highest BCUT2D eigenvalue weighted by Gasteiger charge is 2.15. The normalized spacial score (nSPS) is 10.2. The lowest BCUT2D eigenvalue weighted by molar-refractivity contribution is 0.0330. The van der Waals surface area contributed by atoms with E-state index in [0.717, 1.165) is 6.07 Å². The van der Waals surface area contributed by atoms with Gasteiger partial charge in [-0.2, -0.15) is 0 Å². The van der Waals surface area contributed by atoms with Crippen molar-refractivity contribution in [3.05, 3.63) is 35.4 Å². The third-order valence-corrected chi connectivity index (χ3v) is 1.84. The van der Waals surface area contributed by atoms with Gasteiger partial charge >= 0.3 is 5.97 Å². The van der Waals surface area contributed by atoms with Crippen molar-refractivity contribution in [1.29, 1.82) is 0 Å². The number of rotatable bonds is 5. The molecule has 0 amide bonds. The molecule has 0 saturated carbocycles. The highest BCUT2D eigenvalue weighted by atomic mass is 19.2. The molecule has 3 nitrogen and oxygen atoms in total. The molecule has 88 valence electrons. The van der Waals surface area contributed by atoms with Gasteiger partial charge in [-0.05, 0) is 19.1 Å². The molecule has 0 atom stereocenters. The van der Waals surface area contributed by atoms with Crippen molar-refractivity contribution in [2.45, 2.75) is 6.92 Å². The highest BCUT2D eigenvalue weighted by Crippen LogP contribution is 2.12. The average molecular weight is 230 g/mol. The molecule has 0 spiro atoms. The molecule has 1 rings (SSSR count). The molecule has 0 aromatic heterocycles. The molecule has 0 aliphatic carbocycles. The van der Waals surface area contributed by atoms with Crippen molar-refractivity contribution < 1.29 is 23.0 Å². The number of esters is 1. The summed E-state index contributed by atoms with van der Waals surface area (Å²) in [5.74, 6) is -3.15. The molecule has 0 fully saturated rings. The molecular formula is C11H12F2O3. The van der Waals surface area contributed by atoms with Gasteiger partial charge in [0.1, 0.15) is 6.61 Å². The quantitative estimate of drug-likeness (QED) is 0.574. The lowest BCUT2D eigenvalue weighted by Crippen LogP contribution is -2.12. The van der Waals surface area contributed by atoms with Crippen LogP contribution in [0.25, 0.3) is 0 Å². The Labute approximate surface area is 92.0 Å². The molecule has 1 aromatic rings. The Hall–Kier alpha value is -1.49. The molecule has 0 saturated heterocycles. The minimum absolute atomic E-state index is 0.0165. The van der Waals surface area contributed by atoms with Crippen molar-refractivity contribution in [3.8, 4) is 0 Å². The zero-order valence-corrected chi connectivity index (χ0v) is 8.83. The number of carbonyl (C=O) groups excluding carboxylic acids is 1. The molecule has 0 radical (unpaired) electrons. The standard InChI is InChI=1S/C11H12F2O3/c1-2-15-6-7-16-11(14)8-4-3-5-9(12)10(8)13/h3-5H,2,6-7H2,1H3. The van der Waals surface area contributed by atoms with Crippen LogP contribution in [-0.4, -0.2) is 25.8 Å². The first kappa shape index (κ1) is 12.6. The molecule has 0 aliphatic heterocycles. The van der Waals surface area contributed by atoms with E-state index in [4.69, 9.17) is 9.47 Å². The van der Waals surface area contributed by atoms with Crippen molar-refractivity contribution in [1.82, 2.24) is 0 Å². The van der Waals surface area contributed by atoms with Crippen LogP contribution >= 0.6 is 0 Å². The lowest BCUT2D eigenvalue weighted by atomic mass is 10.2. The van der Waals surface area contributed by atoms with E-state index < -0.39 is 23.2 Å². The maximum absolute atomic E-state index is 13.1. The van der Waals surface area contributed by atoms with E-state index in [1.807, 2.05) is 0 Å². The van der Waals surface area contributed by atoms with Gasteiger partial charge in [0.25, 0.3) is 0 Å². The van der Waals surface area contributed by atoms with Crippen LogP contribution in [-0.2, 0) is 9.47 Å². The number of carbonyl (C=O) groups is 1. The lowest BCUT2D eigenvalue weighted by Gasteiger charge is -2.05. The molecule has 0 heterocycles. The van der Waals surface area contributed by atoms with E-state index in [1.165, 1.54) is 12.1 Å². The van der Waals surface area contributed by atoms with Gasteiger partial charge in [-0.15, -0.1) is 0 Å². The van der Waals surface area contributed by atoms with Gasteiger partial charge in [0.15, 0.2) is 11.6 Å². The van der Waals surface area contributed by atoms with E-state index in [2.05, 4.69) is 0 Å². The Balaban J connectivity index is 2.56. The second-order valence-corrected chi connectivity index (χ2v) is 2.93. The number of ether oxygens (including phenoxy) is 2. The number of halogens is 2. The smallest absolute Gasteiger partial charge is 0.341 e. The second kappa shape index (κ2) is 6.17. The van der Waals surface area contributed by atoms with Crippen LogP contribution in [0.3, 0.4) is 0 Å². The summed E-state index contributed by atoms with van der Waals surface area (Å²) in [5.41, 5.74) is -0.406. The Morgan fingerprint density at radius 3 is 2.75 bits per heavy atom. The van der Waals surface area contributed by atoms with Gasteiger partial charge in [0, 0.05) is 6.61 Å². The molecular weight excluding hydrogens is 218 g/mol. The molecule has 0 unspecified atom stereocenters. The summed E-state index contributed by atoms with van der Waals surface area (Å²) in [6.45, 7) is 2.56. The fourth-order valence-corrected chi connectivity index (χ4v) is 1.08. The third-order valence-electron chi connectivity index (χ3n) is 1.84. The van der Waals surface area contributed by atoms with Crippen molar-refractivity contribution in [2.24, 2.45) is 0 Å². The zero-order valence-electron chi connectivity index (χ0n) is 8.83. The van der Waals surface area contributed by atoms with E-state index in [9.17, 15) is 13.6 Å². The van der Waals surface area contributed by atoms with E-state index in [1.54, 1.807) is 6.92 Å². The third kappa shape index (κ3) is 3.27. The van der Waals surface area contributed by atoms with Gasteiger partial charge in [0.2, 0.25) is 0 Å². The fraction of sp³-hybridized carbons (Fsp3) is 0.364. The van der Waals surface area contributed by atoms with Crippen LogP contribution in [0.5, 0.6) is 0 Å². The van der Waals surface area contributed by atoms with Gasteiger partial charge < -0.3 is 9.47 Å². The zero-order chi connectivity index (χ0) is 12.0. The van der Waals surface area contributed by atoms with Crippen LogP contribution in [0.2, 0.25) is 0 Å². The van der Waals surface area contributed by atoms with E-state index in [-0.39, 0.29) is 13.2 Å². The summed E-state index contributed by atoms with van der Waals surface area (Å²) in [5, 5.41) is 0. The predicted octanol–water partition coefficient (Wildman–Crippen LogP) is 2.16. The Morgan fingerprint density at radius 1 is 1.31 bits per heavy atom. The minimum Gasteiger partial charge on any atom is -0.460 e. The molecule has 5 heteroatoms. The number of hydrogen-bond acceptors (Lipinski definition) is 3. The summed E-state index contributed by atoms with van der Waals surface area (Å²) in [7, 11) is 0. The first-order valence-electron chi connectivity index (χ1n) is 4.85. The van der Waals surface area contributed by atoms with Crippen molar-refractivity contribution >= 4 is 5.97 Å². The maximum Gasteiger partial charge on any atom is 0.341 e. The van der Waals surface area contributed by atoms with Gasteiger partial charge in [-0.1, -0.05) is 6.07 Å². The Bertz CT molecular complexity index is 366. The monoisotopic (exact) mass is 230 g/mol. The fourth-order valence-electron chi connectivity index (χ4n) is 1.08. The van der Waals surface area contributed by atoms with Gasteiger partial charge in [-0.25, -0.2) is 13.6 Å². The predicted molar refractivity (Wildman–Crippen MR) is 53.1 cm³/mol. The summed E-state index contributed by atoms with van der Waals surface area (Å²) >= 11 is 0. The van der Waals surface area contributed by atoms with Gasteiger partial charge in [-0.3, -0.25) is 0 Å². The van der Waals surface area contributed by atoms with Crippen molar-refractivity contribution in [2.75, 3.05) is 19.8 Å². The van der Waals surface area contributed by atoms with Crippen LogP contribution in [0.1, 0.15) is 17.3 Å². The van der Waals surface area contributed by atoms with E-state index >= 15 is 0 Å². The van der Waals surface area contributed by atoms with E-state index in [0.29, 0.717) is 6.61 Å². The van der Waals surface area contributed by atoms with Crippen LogP contribution in [0, 0.1) is 11.6 Å². The summed E-state index contributed by atoms with van der Waals surface area (Å²) in [6, 6.07) is 3.35. The number of hydrogen-bond donors (Lipinski definition) is 0. The number of benzene rings is 1. The molecule has 1 aromatic carbocycles. The average Bonchev–Trinajstić information content (AvgIpc) is 2.28. The van der Waals surface area contributed by atoms with Crippen molar-refractivity contribution in [3.63, 3.8) is 0 Å². The van der Waals surface area contributed by atoms with Crippen LogP contribution in [0.4, 0.5) is 8.78 Å². The molecule has 0 bridgehead atoms. The highest BCUT2D eigenvalue weighted by molar-refractivity contribution is 5.89. The SMILES string of the molecule is CCOCCOC(=O)c1cccc(F)c1F. The first-order chi connectivity index (χ1) is 7.66. The van der Waals surface area contributed by atoms with Crippen LogP contribution < -0.4 is 0 Å².